The van der Waals surface area contributed by atoms with E-state index in [9.17, 15) is 0 Å². The quantitative estimate of drug-likeness (QED) is 0.675. The van der Waals surface area contributed by atoms with Gasteiger partial charge in [0, 0.05) is 6.54 Å². The summed E-state index contributed by atoms with van der Waals surface area (Å²) < 4.78 is 0. The van der Waals surface area contributed by atoms with Gasteiger partial charge in [-0.2, -0.15) is 5.26 Å². The van der Waals surface area contributed by atoms with E-state index in [0.29, 0.717) is 11.8 Å². The van der Waals surface area contributed by atoms with Gasteiger partial charge in [0.05, 0.1) is 12.0 Å². The Hall–Kier alpha value is -0.550. The molecule has 2 atom stereocenters. The van der Waals surface area contributed by atoms with E-state index in [1.807, 2.05) is 0 Å². The van der Waals surface area contributed by atoms with E-state index in [-0.39, 0.29) is 5.92 Å². The Kier molecular flexibility index (Phi) is 4.41. The Balaban J connectivity index is 2.60. The maximum Gasteiger partial charge on any atom is 0.0661 e. The van der Waals surface area contributed by atoms with Crippen LogP contribution in [0.3, 0.4) is 0 Å². The molecule has 0 bridgehead atoms. The van der Waals surface area contributed by atoms with Gasteiger partial charge >= 0.3 is 0 Å². The highest BCUT2D eigenvalue weighted by atomic mass is 15.1. The number of nitriles is 1. The number of rotatable bonds is 2. The zero-order chi connectivity index (χ0) is 10.6. The molecule has 1 saturated heterocycles. The Bertz CT molecular complexity index is 205. The van der Waals surface area contributed by atoms with Crippen LogP contribution in [-0.2, 0) is 0 Å². The van der Waals surface area contributed by atoms with Gasteiger partial charge in [-0.25, -0.2) is 0 Å². The van der Waals surface area contributed by atoms with E-state index >= 15 is 0 Å². The monoisotopic (exact) mass is 194 g/mol. The topological polar surface area (TPSA) is 27.0 Å². The summed E-state index contributed by atoms with van der Waals surface area (Å²) in [4.78, 5) is 2.38. The Morgan fingerprint density at radius 3 is 2.64 bits per heavy atom. The smallest absolute Gasteiger partial charge is 0.0661 e. The van der Waals surface area contributed by atoms with Crippen LogP contribution in [0.25, 0.3) is 0 Å². The average molecular weight is 194 g/mol. The fraction of sp³-hybridized carbons (Fsp3) is 0.917. The first-order valence-electron chi connectivity index (χ1n) is 5.73. The molecule has 2 unspecified atom stereocenters. The van der Waals surface area contributed by atoms with Crippen LogP contribution in [0.15, 0.2) is 0 Å². The van der Waals surface area contributed by atoms with Crippen molar-refractivity contribution in [1.82, 2.24) is 4.90 Å². The Morgan fingerprint density at radius 2 is 2.07 bits per heavy atom. The largest absolute Gasteiger partial charge is 0.306 e. The molecule has 1 aliphatic rings. The highest BCUT2D eigenvalue weighted by Crippen LogP contribution is 2.27. The van der Waals surface area contributed by atoms with Crippen LogP contribution in [0.2, 0.25) is 0 Å². The van der Waals surface area contributed by atoms with Crippen molar-refractivity contribution >= 4 is 0 Å². The normalized spacial score (nSPS) is 26.9. The van der Waals surface area contributed by atoms with Crippen LogP contribution in [0, 0.1) is 29.1 Å². The SMILES string of the molecule is CC(C)C(C#N)C1CCCCN(C)C1. The second-order valence-electron chi connectivity index (χ2n) is 4.92. The second kappa shape index (κ2) is 5.36. The van der Waals surface area contributed by atoms with Crippen molar-refractivity contribution in [2.24, 2.45) is 17.8 Å². The third-order valence-corrected chi connectivity index (χ3v) is 3.29. The summed E-state index contributed by atoms with van der Waals surface area (Å²) in [5, 5.41) is 9.16. The van der Waals surface area contributed by atoms with E-state index in [1.54, 1.807) is 0 Å². The summed E-state index contributed by atoms with van der Waals surface area (Å²) in [7, 11) is 2.17. The molecule has 80 valence electrons. The van der Waals surface area contributed by atoms with Crippen LogP contribution in [0.5, 0.6) is 0 Å². The lowest BCUT2D eigenvalue weighted by molar-refractivity contribution is 0.232. The Labute approximate surface area is 87.9 Å². The minimum Gasteiger partial charge on any atom is -0.306 e. The lowest BCUT2D eigenvalue weighted by Gasteiger charge is -2.26. The van der Waals surface area contributed by atoms with Crippen molar-refractivity contribution in [3.05, 3.63) is 0 Å². The van der Waals surface area contributed by atoms with Crippen LogP contribution in [-0.4, -0.2) is 25.0 Å². The van der Waals surface area contributed by atoms with Crippen LogP contribution in [0.4, 0.5) is 0 Å². The standard InChI is InChI=1S/C12H22N2/c1-10(2)12(8-13)11-6-4-5-7-14(3)9-11/h10-12H,4-7,9H2,1-3H3. The molecule has 0 aromatic heterocycles. The zero-order valence-corrected chi connectivity index (χ0v) is 9.66. The number of hydrogen-bond acceptors (Lipinski definition) is 2. The van der Waals surface area contributed by atoms with Gasteiger partial charge in [-0.05, 0) is 38.3 Å². The van der Waals surface area contributed by atoms with E-state index < -0.39 is 0 Å². The summed E-state index contributed by atoms with van der Waals surface area (Å²) in [6, 6.07) is 2.49. The van der Waals surface area contributed by atoms with Gasteiger partial charge in [-0.3, -0.25) is 0 Å². The Morgan fingerprint density at radius 1 is 1.36 bits per heavy atom. The molecule has 0 aromatic rings. The van der Waals surface area contributed by atoms with Gasteiger partial charge in [0.1, 0.15) is 0 Å². The molecular weight excluding hydrogens is 172 g/mol. The molecule has 0 aromatic carbocycles. The van der Waals surface area contributed by atoms with Crippen molar-refractivity contribution in [2.45, 2.75) is 33.1 Å². The van der Waals surface area contributed by atoms with Crippen LogP contribution >= 0.6 is 0 Å². The average Bonchev–Trinajstić information content (AvgIpc) is 2.31. The van der Waals surface area contributed by atoms with Crippen molar-refractivity contribution < 1.29 is 0 Å². The molecule has 1 aliphatic heterocycles. The molecular formula is C12H22N2. The van der Waals surface area contributed by atoms with Crippen molar-refractivity contribution in [3.8, 4) is 6.07 Å². The van der Waals surface area contributed by atoms with E-state index in [0.717, 1.165) is 6.54 Å². The molecule has 0 N–H and O–H groups in total. The third kappa shape index (κ3) is 2.99. The van der Waals surface area contributed by atoms with Gasteiger partial charge in [-0.1, -0.05) is 20.3 Å². The van der Waals surface area contributed by atoms with Crippen molar-refractivity contribution in [2.75, 3.05) is 20.1 Å². The first-order valence-corrected chi connectivity index (χ1v) is 5.73. The van der Waals surface area contributed by atoms with Crippen molar-refractivity contribution in [1.29, 1.82) is 5.26 Å². The lowest BCUT2D eigenvalue weighted by Crippen LogP contribution is -2.30. The summed E-state index contributed by atoms with van der Waals surface area (Å²) in [5.74, 6) is 1.33. The van der Waals surface area contributed by atoms with E-state index in [1.165, 1.54) is 25.8 Å². The van der Waals surface area contributed by atoms with Gasteiger partial charge in [0.15, 0.2) is 0 Å². The van der Waals surface area contributed by atoms with Gasteiger partial charge in [0.25, 0.3) is 0 Å². The molecule has 0 spiro atoms. The third-order valence-electron chi connectivity index (χ3n) is 3.29. The molecule has 0 amide bonds. The van der Waals surface area contributed by atoms with Gasteiger partial charge in [0.2, 0.25) is 0 Å². The summed E-state index contributed by atoms with van der Waals surface area (Å²) in [5.41, 5.74) is 0. The first kappa shape index (κ1) is 11.5. The fourth-order valence-corrected chi connectivity index (χ4v) is 2.46. The molecule has 1 heterocycles. The zero-order valence-electron chi connectivity index (χ0n) is 9.66. The maximum atomic E-state index is 9.16. The highest BCUT2D eigenvalue weighted by molar-refractivity contribution is 4.91. The first-order chi connectivity index (χ1) is 6.65. The predicted octanol–water partition coefficient (Wildman–Crippen LogP) is 2.51. The van der Waals surface area contributed by atoms with Gasteiger partial charge in [-0.15, -0.1) is 0 Å². The molecule has 0 aliphatic carbocycles. The van der Waals surface area contributed by atoms with Crippen LogP contribution in [0.1, 0.15) is 33.1 Å². The predicted molar refractivity (Wildman–Crippen MR) is 58.8 cm³/mol. The van der Waals surface area contributed by atoms with E-state index in [4.69, 9.17) is 5.26 Å². The summed E-state index contributed by atoms with van der Waals surface area (Å²) in [6.45, 7) is 6.64. The molecule has 0 radical (unpaired) electrons. The maximum absolute atomic E-state index is 9.16. The lowest BCUT2D eigenvalue weighted by atomic mass is 9.82. The highest BCUT2D eigenvalue weighted by Gasteiger charge is 2.26. The van der Waals surface area contributed by atoms with Crippen molar-refractivity contribution in [3.63, 3.8) is 0 Å². The molecule has 2 heteroatoms. The molecule has 1 fully saturated rings. The number of nitrogens with zero attached hydrogens (tertiary/aromatic N) is 2. The second-order valence-corrected chi connectivity index (χ2v) is 4.92. The minimum atomic E-state index is 0.246. The molecule has 1 rings (SSSR count). The summed E-state index contributed by atoms with van der Waals surface area (Å²) in [6.07, 6.45) is 3.82. The molecule has 0 saturated carbocycles. The number of likely N-dealkylation sites (tertiary alicyclic amines) is 1. The molecule has 2 nitrogen and oxygen atoms in total. The number of hydrogen-bond donors (Lipinski definition) is 0. The van der Waals surface area contributed by atoms with E-state index in [2.05, 4.69) is 31.9 Å². The van der Waals surface area contributed by atoms with Gasteiger partial charge < -0.3 is 4.90 Å². The fourth-order valence-electron chi connectivity index (χ4n) is 2.46. The summed E-state index contributed by atoms with van der Waals surface area (Å²) >= 11 is 0. The molecule has 14 heavy (non-hydrogen) atoms. The minimum absolute atomic E-state index is 0.246. The van der Waals surface area contributed by atoms with Crippen LogP contribution < -0.4 is 0 Å².